The van der Waals surface area contributed by atoms with E-state index in [1.165, 1.54) is 48.5 Å². The molecule has 4 aromatic carbocycles. The summed E-state index contributed by atoms with van der Waals surface area (Å²) in [4.78, 5) is 65.7. The minimum Gasteiger partial charge on any atom is -0.455 e. The van der Waals surface area contributed by atoms with Crippen LogP contribution in [0.15, 0.2) is 121 Å². The molecule has 4 atom stereocenters. The van der Waals surface area contributed by atoms with Crippen molar-refractivity contribution < 1.29 is 52.4 Å². The van der Waals surface area contributed by atoms with Crippen molar-refractivity contribution in [1.29, 1.82) is 0 Å². The van der Waals surface area contributed by atoms with Crippen molar-refractivity contribution in [2.75, 3.05) is 13.2 Å². The number of esters is 5. The summed E-state index contributed by atoms with van der Waals surface area (Å²) in [5.41, 5.74) is 0.601. The van der Waals surface area contributed by atoms with Crippen LogP contribution in [0.5, 0.6) is 0 Å². The van der Waals surface area contributed by atoms with Gasteiger partial charge in [-0.3, -0.25) is 4.79 Å². The van der Waals surface area contributed by atoms with Crippen LogP contribution in [0.25, 0.3) is 0 Å². The molecule has 5 rings (SSSR count). The van der Waals surface area contributed by atoms with Crippen LogP contribution < -0.4 is 0 Å². The van der Waals surface area contributed by atoms with Crippen LogP contribution in [0, 0.1) is 0 Å². The maximum Gasteiger partial charge on any atom is 0.338 e. The van der Waals surface area contributed by atoms with Crippen molar-refractivity contribution in [1.82, 2.24) is 0 Å². The lowest BCUT2D eigenvalue weighted by Gasteiger charge is -2.46. The molecule has 0 aromatic heterocycles. The van der Waals surface area contributed by atoms with Crippen LogP contribution >= 0.6 is 0 Å². The molecule has 0 bridgehead atoms. The van der Waals surface area contributed by atoms with E-state index in [-0.39, 0.29) is 22.3 Å². The van der Waals surface area contributed by atoms with Gasteiger partial charge >= 0.3 is 29.8 Å². The summed E-state index contributed by atoms with van der Waals surface area (Å²) in [5, 5.41) is 0. The predicted octanol–water partition coefficient (Wildman–Crippen LogP) is 4.81. The largest absolute Gasteiger partial charge is 0.455 e. The lowest BCUT2D eigenvalue weighted by Crippen LogP contribution is -2.67. The molecule has 1 heterocycles. The summed E-state index contributed by atoms with van der Waals surface area (Å²) in [6.45, 7) is -0.223. The Morgan fingerprint density at radius 3 is 1.45 bits per heavy atom. The average molecular weight is 639 g/mol. The highest BCUT2D eigenvalue weighted by Crippen LogP contribution is 2.35. The van der Waals surface area contributed by atoms with Gasteiger partial charge in [0, 0.05) is 6.92 Å². The van der Waals surface area contributed by atoms with Crippen LogP contribution in [0.2, 0.25) is 0 Å². The first-order valence-corrected chi connectivity index (χ1v) is 14.6. The number of carbonyl (C=O) groups excluding carboxylic acids is 5. The maximum atomic E-state index is 13.5. The molecule has 0 radical (unpaired) electrons. The van der Waals surface area contributed by atoms with Crippen LogP contribution in [-0.2, 0) is 33.2 Å². The van der Waals surface area contributed by atoms with E-state index in [4.69, 9.17) is 28.4 Å². The van der Waals surface area contributed by atoms with Gasteiger partial charge in [0.2, 0.25) is 6.10 Å². The summed E-state index contributed by atoms with van der Waals surface area (Å²) in [5.74, 6) is -6.60. The van der Waals surface area contributed by atoms with E-state index in [9.17, 15) is 24.0 Å². The lowest BCUT2D eigenvalue weighted by atomic mass is 9.95. The lowest BCUT2D eigenvalue weighted by molar-refractivity contribution is -0.331. The highest BCUT2D eigenvalue weighted by atomic mass is 16.8. The fourth-order valence-electron chi connectivity index (χ4n) is 4.85. The molecular formula is C36H30O11. The van der Waals surface area contributed by atoms with Crippen molar-refractivity contribution in [2.24, 2.45) is 0 Å². The molecule has 47 heavy (non-hydrogen) atoms. The Bertz CT molecular complexity index is 1690. The van der Waals surface area contributed by atoms with E-state index < -0.39 is 67.2 Å². The highest BCUT2D eigenvalue weighted by Gasteiger charge is 2.60. The van der Waals surface area contributed by atoms with E-state index in [1.54, 1.807) is 72.8 Å². The van der Waals surface area contributed by atoms with E-state index >= 15 is 0 Å². The molecule has 4 aromatic rings. The van der Waals surface area contributed by atoms with Crippen molar-refractivity contribution in [3.8, 4) is 0 Å². The molecule has 240 valence electrons. The second kappa shape index (κ2) is 15.0. The first-order valence-electron chi connectivity index (χ1n) is 14.6. The molecule has 0 unspecified atom stereocenters. The van der Waals surface area contributed by atoms with Gasteiger partial charge in [-0.05, 0) is 48.5 Å². The number of carbonyl (C=O) groups is 5. The van der Waals surface area contributed by atoms with Gasteiger partial charge in [-0.25, -0.2) is 19.2 Å². The summed E-state index contributed by atoms with van der Waals surface area (Å²) < 4.78 is 34.7. The van der Waals surface area contributed by atoms with Gasteiger partial charge in [0.1, 0.15) is 0 Å². The van der Waals surface area contributed by atoms with E-state index in [2.05, 4.69) is 0 Å². The third kappa shape index (κ3) is 8.08. The first kappa shape index (κ1) is 32.6. The minimum absolute atomic E-state index is 0.0991. The van der Waals surface area contributed by atoms with Crippen LogP contribution in [-0.4, -0.2) is 67.2 Å². The molecule has 0 aliphatic carbocycles. The third-order valence-electron chi connectivity index (χ3n) is 7.08. The Morgan fingerprint density at radius 2 is 1.00 bits per heavy atom. The Morgan fingerprint density at radius 1 is 0.596 bits per heavy atom. The highest BCUT2D eigenvalue weighted by molar-refractivity contribution is 5.91. The molecule has 1 aliphatic rings. The molecule has 1 saturated heterocycles. The van der Waals surface area contributed by atoms with Crippen LogP contribution in [0.4, 0.5) is 0 Å². The molecule has 11 heteroatoms. The van der Waals surface area contributed by atoms with Gasteiger partial charge in [-0.2, -0.15) is 0 Å². The maximum absolute atomic E-state index is 13.5. The fourth-order valence-corrected chi connectivity index (χ4v) is 4.85. The van der Waals surface area contributed by atoms with Crippen molar-refractivity contribution in [3.05, 3.63) is 144 Å². The Hall–Kier alpha value is -5.81. The molecule has 0 amide bonds. The Labute approximate surface area is 269 Å². The molecule has 0 N–H and O–H groups in total. The van der Waals surface area contributed by atoms with Crippen molar-refractivity contribution in [2.45, 2.75) is 31.0 Å². The Kier molecular flexibility index (Phi) is 10.4. The summed E-state index contributed by atoms with van der Waals surface area (Å²) >= 11 is 0. The second-order valence-electron chi connectivity index (χ2n) is 10.4. The normalized spacial score (nSPS) is 20.2. The van der Waals surface area contributed by atoms with Crippen LogP contribution in [0.3, 0.4) is 0 Å². The second-order valence-corrected chi connectivity index (χ2v) is 10.4. The molecule has 0 spiro atoms. The first-order chi connectivity index (χ1) is 22.8. The van der Waals surface area contributed by atoms with Gasteiger partial charge in [0.05, 0.1) is 28.9 Å². The zero-order valence-corrected chi connectivity index (χ0v) is 25.2. The average Bonchev–Trinajstić information content (AvgIpc) is 3.11. The standard InChI is InChI=1S/C36H30O11/c1-24(37)47-36(23-42-32(38)25-14-6-2-7-15-25)31(46-35(41)28-20-12-5-13-21-28)30(45-34(40)27-18-10-4-11-19-27)29(22-43-36)44-33(39)26-16-8-3-9-17-26/h2-21,29-31H,22-23H2,1H3/t29-,30-,31+,36+/m1/s1. The van der Waals surface area contributed by atoms with E-state index in [0.717, 1.165) is 6.92 Å². The number of rotatable bonds is 10. The van der Waals surface area contributed by atoms with Gasteiger partial charge in [0.25, 0.3) is 5.79 Å². The van der Waals surface area contributed by atoms with Gasteiger partial charge in [0.15, 0.2) is 18.8 Å². The minimum atomic E-state index is -2.34. The number of ether oxygens (including phenoxy) is 6. The summed E-state index contributed by atoms with van der Waals surface area (Å²) in [6, 6.07) is 31.8. The number of hydrogen-bond acceptors (Lipinski definition) is 11. The van der Waals surface area contributed by atoms with E-state index in [0.29, 0.717) is 0 Å². The monoisotopic (exact) mass is 638 g/mol. The summed E-state index contributed by atoms with van der Waals surface area (Å²) in [6.07, 6.45) is -4.80. The number of hydrogen-bond donors (Lipinski definition) is 0. The van der Waals surface area contributed by atoms with Crippen LogP contribution in [0.1, 0.15) is 48.4 Å². The molecule has 1 fully saturated rings. The quantitative estimate of drug-likeness (QED) is 0.175. The summed E-state index contributed by atoms with van der Waals surface area (Å²) in [7, 11) is 0. The molecule has 1 aliphatic heterocycles. The van der Waals surface area contributed by atoms with Crippen molar-refractivity contribution in [3.63, 3.8) is 0 Å². The predicted molar refractivity (Wildman–Crippen MR) is 164 cm³/mol. The molecular weight excluding hydrogens is 608 g/mol. The molecule has 0 saturated carbocycles. The van der Waals surface area contributed by atoms with Gasteiger partial charge < -0.3 is 28.4 Å². The van der Waals surface area contributed by atoms with E-state index in [1.807, 2.05) is 0 Å². The van der Waals surface area contributed by atoms with Gasteiger partial charge in [-0.15, -0.1) is 0 Å². The smallest absolute Gasteiger partial charge is 0.338 e. The fraction of sp³-hybridized carbons (Fsp3) is 0.194. The van der Waals surface area contributed by atoms with Crippen molar-refractivity contribution >= 4 is 29.8 Å². The molecule has 11 nitrogen and oxygen atoms in total. The zero-order chi connectivity index (χ0) is 33.2. The zero-order valence-electron chi connectivity index (χ0n) is 25.2. The SMILES string of the molecule is CC(=O)O[C@]1(COC(=O)c2ccccc2)OC[C@@H](OC(=O)c2ccccc2)[C@@H](OC(=O)c2ccccc2)[C@@H]1OC(=O)c1ccccc1. The van der Waals surface area contributed by atoms with Gasteiger partial charge in [-0.1, -0.05) is 72.8 Å². The Balaban J connectivity index is 1.56. The topological polar surface area (TPSA) is 141 Å². The number of benzene rings is 4. The third-order valence-corrected chi connectivity index (χ3v) is 7.08.